The topological polar surface area (TPSA) is 20.3 Å². The van der Waals surface area contributed by atoms with E-state index in [2.05, 4.69) is 0 Å². The molecule has 0 spiro atoms. The maximum absolute atomic E-state index is 12.2. The lowest BCUT2D eigenvalue weighted by atomic mass is 10.1. The van der Waals surface area contributed by atoms with Gasteiger partial charge in [-0.25, -0.2) is 0 Å². The van der Waals surface area contributed by atoms with Gasteiger partial charge >= 0.3 is 0 Å². The van der Waals surface area contributed by atoms with Crippen molar-refractivity contribution in [1.29, 1.82) is 0 Å². The van der Waals surface area contributed by atoms with Crippen LogP contribution in [0.5, 0.6) is 0 Å². The minimum atomic E-state index is 0.132. The maximum Gasteiger partial charge on any atom is 0.264 e. The lowest BCUT2D eigenvalue weighted by molar-refractivity contribution is 0.0741. The number of thiophene rings is 2. The Morgan fingerprint density at radius 1 is 1.47 bits per heavy atom. The normalized spacial score (nSPS) is 14.8. The SMILES string of the molecule is O=C(c1cccs1)N1CCc2sc(Cl)cc2C1. The molecule has 0 bridgehead atoms. The second kappa shape index (κ2) is 4.44. The zero-order valence-electron chi connectivity index (χ0n) is 8.98. The van der Waals surface area contributed by atoms with Crippen molar-refractivity contribution >= 4 is 40.2 Å². The number of rotatable bonds is 1. The summed E-state index contributed by atoms with van der Waals surface area (Å²) in [6, 6.07) is 5.77. The van der Waals surface area contributed by atoms with E-state index in [9.17, 15) is 4.79 Å². The predicted octanol–water partition coefficient (Wildman–Crippen LogP) is 3.66. The molecule has 0 atom stereocenters. The van der Waals surface area contributed by atoms with Gasteiger partial charge in [-0.2, -0.15) is 0 Å². The third kappa shape index (κ3) is 2.12. The van der Waals surface area contributed by atoms with Gasteiger partial charge in [-0.1, -0.05) is 17.7 Å². The van der Waals surface area contributed by atoms with Crippen molar-refractivity contribution in [3.8, 4) is 0 Å². The summed E-state index contributed by atoms with van der Waals surface area (Å²) < 4.78 is 0.820. The van der Waals surface area contributed by atoms with E-state index in [1.54, 1.807) is 11.3 Å². The quantitative estimate of drug-likeness (QED) is 0.782. The minimum absolute atomic E-state index is 0.132. The van der Waals surface area contributed by atoms with Crippen molar-refractivity contribution < 1.29 is 4.79 Å². The number of fused-ring (bicyclic) bond motifs is 1. The number of halogens is 1. The molecule has 3 heterocycles. The van der Waals surface area contributed by atoms with Gasteiger partial charge in [-0.05, 0) is 29.5 Å². The van der Waals surface area contributed by atoms with E-state index in [1.165, 1.54) is 21.8 Å². The molecular formula is C12H10ClNOS2. The highest BCUT2D eigenvalue weighted by molar-refractivity contribution is 7.16. The maximum atomic E-state index is 12.2. The Morgan fingerprint density at radius 3 is 3.12 bits per heavy atom. The second-order valence-electron chi connectivity index (χ2n) is 3.95. The number of hydrogen-bond acceptors (Lipinski definition) is 3. The molecule has 0 saturated carbocycles. The summed E-state index contributed by atoms with van der Waals surface area (Å²) in [7, 11) is 0. The van der Waals surface area contributed by atoms with Crippen molar-refractivity contribution in [2.45, 2.75) is 13.0 Å². The van der Waals surface area contributed by atoms with Crippen LogP contribution in [0, 0.1) is 0 Å². The lowest BCUT2D eigenvalue weighted by Crippen LogP contribution is -2.34. The molecule has 1 aliphatic rings. The Bertz CT molecular complexity index is 547. The molecule has 0 N–H and O–H groups in total. The summed E-state index contributed by atoms with van der Waals surface area (Å²) in [5.74, 6) is 0.132. The fourth-order valence-electron chi connectivity index (χ4n) is 2.03. The van der Waals surface area contributed by atoms with Crippen molar-refractivity contribution in [3.05, 3.63) is 43.2 Å². The van der Waals surface area contributed by atoms with Crippen LogP contribution in [-0.2, 0) is 13.0 Å². The Labute approximate surface area is 112 Å². The van der Waals surface area contributed by atoms with Crippen molar-refractivity contribution in [1.82, 2.24) is 4.90 Å². The van der Waals surface area contributed by atoms with Gasteiger partial charge in [0.25, 0.3) is 5.91 Å². The van der Waals surface area contributed by atoms with Crippen LogP contribution in [0.15, 0.2) is 23.6 Å². The van der Waals surface area contributed by atoms with Gasteiger partial charge < -0.3 is 4.90 Å². The van der Waals surface area contributed by atoms with Gasteiger partial charge in [0.05, 0.1) is 9.21 Å². The first-order valence-electron chi connectivity index (χ1n) is 5.34. The number of nitrogens with zero attached hydrogens (tertiary/aromatic N) is 1. The Hall–Kier alpha value is -0.840. The van der Waals surface area contributed by atoms with Gasteiger partial charge in [-0.15, -0.1) is 22.7 Å². The fraction of sp³-hybridized carbons (Fsp3) is 0.250. The number of carbonyl (C=O) groups is 1. The van der Waals surface area contributed by atoms with Crippen LogP contribution in [-0.4, -0.2) is 17.4 Å². The third-order valence-electron chi connectivity index (χ3n) is 2.86. The molecule has 1 amide bonds. The highest BCUT2D eigenvalue weighted by atomic mass is 35.5. The summed E-state index contributed by atoms with van der Waals surface area (Å²) in [5, 5.41) is 1.93. The third-order valence-corrected chi connectivity index (χ3v) is 5.08. The van der Waals surface area contributed by atoms with E-state index >= 15 is 0 Å². The first-order chi connectivity index (χ1) is 8.24. The molecule has 0 radical (unpaired) electrons. The van der Waals surface area contributed by atoms with E-state index in [1.807, 2.05) is 28.5 Å². The highest BCUT2D eigenvalue weighted by Crippen LogP contribution is 2.31. The first-order valence-corrected chi connectivity index (χ1v) is 7.41. The average Bonchev–Trinajstić information content (AvgIpc) is 2.94. The molecule has 17 heavy (non-hydrogen) atoms. The molecule has 0 fully saturated rings. The van der Waals surface area contributed by atoms with Crippen LogP contribution in [0.2, 0.25) is 4.34 Å². The minimum Gasteiger partial charge on any atom is -0.333 e. The standard InChI is InChI=1S/C12H10ClNOS2/c13-11-6-8-7-14(4-3-9(8)17-11)12(15)10-2-1-5-16-10/h1-2,5-6H,3-4,7H2. The fourth-order valence-corrected chi connectivity index (χ4v) is 4.01. The lowest BCUT2D eigenvalue weighted by Gasteiger charge is -2.26. The second-order valence-corrected chi connectivity index (χ2v) is 6.67. The largest absolute Gasteiger partial charge is 0.333 e. The van der Waals surface area contributed by atoms with Crippen LogP contribution in [0.25, 0.3) is 0 Å². The molecule has 2 aromatic heterocycles. The Morgan fingerprint density at radius 2 is 2.35 bits per heavy atom. The van der Waals surface area contributed by atoms with E-state index < -0.39 is 0 Å². The number of amides is 1. The molecule has 1 aliphatic heterocycles. The first kappa shape index (κ1) is 11.3. The van der Waals surface area contributed by atoms with Gasteiger partial charge in [0.2, 0.25) is 0 Å². The van der Waals surface area contributed by atoms with Crippen molar-refractivity contribution in [2.75, 3.05) is 6.54 Å². The van der Waals surface area contributed by atoms with Crippen molar-refractivity contribution in [2.24, 2.45) is 0 Å². The zero-order valence-corrected chi connectivity index (χ0v) is 11.4. The molecule has 0 aliphatic carbocycles. The monoisotopic (exact) mass is 283 g/mol. The molecule has 88 valence electrons. The Balaban J connectivity index is 1.82. The van der Waals surface area contributed by atoms with Crippen LogP contribution in [0.3, 0.4) is 0 Å². The van der Waals surface area contributed by atoms with Gasteiger partial charge in [0, 0.05) is 18.0 Å². The van der Waals surface area contributed by atoms with E-state index in [4.69, 9.17) is 11.6 Å². The molecule has 0 saturated heterocycles. The van der Waals surface area contributed by atoms with Crippen LogP contribution in [0.4, 0.5) is 0 Å². The van der Waals surface area contributed by atoms with Crippen LogP contribution < -0.4 is 0 Å². The molecule has 2 aromatic rings. The average molecular weight is 284 g/mol. The van der Waals surface area contributed by atoms with E-state index in [0.29, 0.717) is 6.54 Å². The summed E-state index contributed by atoms with van der Waals surface area (Å²) >= 11 is 9.12. The zero-order chi connectivity index (χ0) is 11.8. The summed E-state index contributed by atoms with van der Waals surface area (Å²) in [6.07, 6.45) is 0.920. The number of hydrogen-bond donors (Lipinski definition) is 0. The van der Waals surface area contributed by atoms with Crippen LogP contribution >= 0.6 is 34.3 Å². The molecule has 0 aromatic carbocycles. The van der Waals surface area contributed by atoms with E-state index in [0.717, 1.165) is 22.2 Å². The predicted molar refractivity (Wildman–Crippen MR) is 72.1 cm³/mol. The molecule has 3 rings (SSSR count). The molecule has 5 heteroatoms. The summed E-state index contributed by atoms with van der Waals surface area (Å²) in [5.41, 5.74) is 1.20. The highest BCUT2D eigenvalue weighted by Gasteiger charge is 2.23. The summed E-state index contributed by atoms with van der Waals surface area (Å²) in [4.78, 5) is 16.2. The Kier molecular flexibility index (Phi) is 2.94. The van der Waals surface area contributed by atoms with Crippen LogP contribution in [0.1, 0.15) is 20.1 Å². The smallest absolute Gasteiger partial charge is 0.264 e. The molecule has 2 nitrogen and oxygen atoms in total. The molecular weight excluding hydrogens is 274 g/mol. The van der Waals surface area contributed by atoms with Gasteiger partial charge in [0.15, 0.2) is 0 Å². The van der Waals surface area contributed by atoms with E-state index in [-0.39, 0.29) is 5.91 Å². The van der Waals surface area contributed by atoms with Gasteiger partial charge in [-0.3, -0.25) is 4.79 Å². The number of carbonyl (C=O) groups excluding carboxylic acids is 1. The molecule has 0 unspecified atom stereocenters. The van der Waals surface area contributed by atoms with Gasteiger partial charge in [0.1, 0.15) is 0 Å². The van der Waals surface area contributed by atoms with Crippen molar-refractivity contribution in [3.63, 3.8) is 0 Å². The summed E-state index contributed by atoms with van der Waals surface area (Å²) in [6.45, 7) is 1.48.